The Balaban J connectivity index is 1.43. The fraction of sp³-hybridized carbons (Fsp3) is 0.158. The van der Waals surface area contributed by atoms with Gasteiger partial charge in [0.1, 0.15) is 5.75 Å². The number of aromatic nitrogens is 4. The second-order valence-electron chi connectivity index (χ2n) is 6.15. The van der Waals surface area contributed by atoms with Crippen LogP contribution in [-0.4, -0.2) is 32.3 Å². The lowest BCUT2D eigenvalue weighted by Crippen LogP contribution is -2.16. The van der Waals surface area contributed by atoms with Gasteiger partial charge in [-0.05, 0) is 30.3 Å². The van der Waals surface area contributed by atoms with Gasteiger partial charge in [0.05, 0.1) is 5.52 Å². The summed E-state index contributed by atoms with van der Waals surface area (Å²) in [5.41, 5.74) is 1.34. The summed E-state index contributed by atoms with van der Waals surface area (Å²) in [5, 5.41) is 8.56. The smallest absolute Gasteiger partial charge is 0.451 e. The standard InChI is InChI=1S/C19H13F3N4O4/c1-26-14-5-3-2-4-13(14)16(24-26)18(27)28-10-15-23-17(25-30-15)11-6-8-12(9-7-11)29-19(20,21)22/h2-9H,10H2,1H3. The normalized spacial score (nSPS) is 11.6. The molecule has 0 aliphatic rings. The maximum absolute atomic E-state index is 12.4. The quantitative estimate of drug-likeness (QED) is 0.454. The van der Waals surface area contributed by atoms with Crippen molar-refractivity contribution in [3.05, 3.63) is 60.1 Å². The van der Waals surface area contributed by atoms with Crippen molar-refractivity contribution in [2.24, 2.45) is 7.05 Å². The summed E-state index contributed by atoms with van der Waals surface area (Å²) >= 11 is 0. The van der Waals surface area contributed by atoms with E-state index in [2.05, 4.69) is 20.0 Å². The van der Waals surface area contributed by atoms with Crippen molar-refractivity contribution in [3.63, 3.8) is 0 Å². The number of benzene rings is 2. The Kier molecular flexibility index (Phi) is 4.86. The molecule has 0 aliphatic heterocycles. The van der Waals surface area contributed by atoms with Gasteiger partial charge in [-0.1, -0.05) is 23.4 Å². The summed E-state index contributed by atoms with van der Waals surface area (Å²) < 4.78 is 52.3. The van der Waals surface area contributed by atoms with Crippen molar-refractivity contribution in [2.45, 2.75) is 13.0 Å². The van der Waals surface area contributed by atoms with Gasteiger partial charge < -0.3 is 14.0 Å². The number of para-hydroxylation sites is 1. The molecule has 8 nitrogen and oxygen atoms in total. The van der Waals surface area contributed by atoms with E-state index in [1.165, 1.54) is 12.1 Å². The number of aryl methyl sites for hydroxylation is 1. The van der Waals surface area contributed by atoms with Gasteiger partial charge in [-0.3, -0.25) is 4.68 Å². The SMILES string of the molecule is Cn1nc(C(=O)OCc2nc(-c3ccc(OC(F)(F)F)cc3)no2)c2ccccc21. The Hall–Kier alpha value is -3.89. The molecule has 0 spiro atoms. The Morgan fingerprint density at radius 3 is 2.60 bits per heavy atom. The van der Waals surface area contributed by atoms with Crippen molar-refractivity contribution in [1.82, 2.24) is 19.9 Å². The molecule has 0 aliphatic carbocycles. The van der Waals surface area contributed by atoms with Crippen molar-refractivity contribution < 1.29 is 32.0 Å². The van der Waals surface area contributed by atoms with Crippen LogP contribution in [0.25, 0.3) is 22.3 Å². The molecular weight excluding hydrogens is 405 g/mol. The fourth-order valence-corrected chi connectivity index (χ4v) is 2.80. The predicted molar refractivity (Wildman–Crippen MR) is 96.3 cm³/mol. The van der Waals surface area contributed by atoms with E-state index < -0.39 is 12.3 Å². The molecule has 4 aromatic rings. The largest absolute Gasteiger partial charge is 0.573 e. The van der Waals surface area contributed by atoms with E-state index in [0.717, 1.165) is 17.6 Å². The van der Waals surface area contributed by atoms with Crippen LogP contribution < -0.4 is 4.74 Å². The lowest BCUT2D eigenvalue weighted by molar-refractivity contribution is -0.274. The zero-order chi connectivity index (χ0) is 21.3. The first-order chi connectivity index (χ1) is 14.3. The Labute approximate surface area is 166 Å². The van der Waals surface area contributed by atoms with Crippen LogP contribution >= 0.6 is 0 Å². The highest BCUT2D eigenvalue weighted by molar-refractivity contribution is 6.02. The number of hydrogen-bond donors (Lipinski definition) is 0. The number of alkyl halides is 3. The van der Waals surface area contributed by atoms with Crippen LogP contribution in [0, 0.1) is 0 Å². The summed E-state index contributed by atoms with van der Waals surface area (Å²) in [7, 11) is 1.72. The lowest BCUT2D eigenvalue weighted by Gasteiger charge is -2.08. The van der Waals surface area contributed by atoms with Crippen molar-refractivity contribution >= 4 is 16.9 Å². The van der Waals surface area contributed by atoms with Gasteiger partial charge in [0.15, 0.2) is 12.3 Å². The van der Waals surface area contributed by atoms with E-state index in [9.17, 15) is 18.0 Å². The van der Waals surface area contributed by atoms with Crippen LogP contribution in [0.15, 0.2) is 53.1 Å². The monoisotopic (exact) mass is 418 g/mol. The van der Waals surface area contributed by atoms with Crippen LogP contribution in [0.3, 0.4) is 0 Å². The lowest BCUT2D eigenvalue weighted by atomic mass is 10.2. The van der Waals surface area contributed by atoms with E-state index in [1.807, 2.05) is 12.1 Å². The van der Waals surface area contributed by atoms with Gasteiger partial charge in [-0.25, -0.2) is 4.79 Å². The summed E-state index contributed by atoms with van der Waals surface area (Å²) in [6, 6.07) is 12.2. The molecule has 0 N–H and O–H groups in total. The summed E-state index contributed by atoms with van der Waals surface area (Å²) in [6.07, 6.45) is -4.77. The molecule has 0 bridgehead atoms. The van der Waals surface area contributed by atoms with Gasteiger partial charge in [-0.2, -0.15) is 10.1 Å². The van der Waals surface area contributed by atoms with E-state index in [4.69, 9.17) is 9.26 Å². The first-order valence-electron chi connectivity index (χ1n) is 8.58. The predicted octanol–water partition coefficient (Wildman–Crippen LogP) is 3.88. The average Bonchev–Trinajstić information content (AvgIpc) is 3.31. The van der Waals surface area contributed by atoms with Gasteiger partial charge in [-0.15, -0.1) is 13.2 Å². The number of hydrogen-bond acceptors (Lipinski definition) is 7. The first kappa shape index (κ1) is 19.4. The van der Waals surface area contributed by atoms with Gasteiger partial charge in [0.25, 0.3) is 5.89 Å². The highest BCUT2D eigenvalue weighted by atomic mass is 19.4. The molecule has 154 valence electrons. The minimum absolute atomic E-state index is 0.0224. The van der Waals surface area contributed by atoms with E-state index in [-0.39, 0.29) is 29.8 Å². The molecule has 2 heterocycles. The molecule has 30 heavy (non-hydrogen) atoms. The molecule has 0 saturated carbocycles. The molecule has 2 aromatic carbocycles. The molecule has 0 amide bonds. The minimum Gasteiger partial charge on any atom is -0.451 e. The topological polar surface area (TPSA) is 92.3 Å². The van der Waals surface area contributed by atoms with Gasteiger partial charge >= 0.3 is 12.3 Å². The van der Waals surface area contributed by atoms with Crippen molar-refractivity contribution in [1.29, 1.82) is 0 Å². The number of esters is 1. The Bertz CT molecular complexity index is 1200. The minimum atomic E-state index is -4.77. The van der Waals surface area contributed by atoms with Gasteiger partial charge in [0.2, 0.25) is 5.82 Å². The molecule has 4 rings (SSSR count). The number of nitrogens with zero attached hydrogens (tertiary/aromatic N) is 4. The molecule has 11 heteroatoms. The van der Waals surface area contributed by atoms with Crippen LogP contribution in [0.2, 0.25) is 0 Å². The maximum atomic E-state index is 12.4. The summed E-state index contributed by atoms with van der Waals surface area (Å²) in [6.45, 7) is -0.286. The Morgan fingerprint density at radius 1 is 1.13 bits per heavy atom. The third kappa shape index (κ3) is 4.09. The zero-order valence-electron chi connectivity index (χ0n) is 15.4. The number of ether oxygens (including phenoxy) is 2. The fourth-order valence-electron chi connectivity index (χ4n) is 2.80. The number of rotatable bonds is 5. The molecule has 0 atom stereocenters. The van der Waals surface area contributed by atoms with Gasteiger partial charge in [0, 0.05) is 18.0 Å². The Morgan fingerprint density at radius 2 is 1.87 bits per heavy atom. The average molecular weight is 418 g/mol. The third-order valence-corrected chi connectivity index (χ3v) is 4.09. The van der Waals surface area contributed by atoms with Crippen LogP contribution in [0.4, 0.5) is 13.2 Å². The first-order valence-corrected chi connectivity index (χ1v) is 8.58. The molecule has 0 unspecified atom stereocenters. The zero-order valence-corrected chi connectivity index (χ0v) is 15.4. The maximum Gasteiger partial charge on any atom is 0.573 e. The third-order valence-electron chi connectivity index (χ3n) is 4.09. The summed E-state index contributed by atoms with van der Waals surface area (Å²) in [5.74, 6) is -0.871. The second-order valence-corrected chi connectivity index (χ2v) is 6.15. The van der Waals surface area contributed by atoms with Crippen molar-refractivity contribution in [2.75, 3.05) is 0 Å². The highest BCUT2D eigenvalue weighted by Crippen LogP contribution is 2.25. The highest BCUT2D eigenvalue weighted by Gasteiger charge is 2.31. The number of carbonyl (C=O) groups is 1. The molecular formula is C19H13F3N4O4. The second kappa shape index (κ2) is 7.50. The van der Waals surface area contributed by atoms with Crippen LogP contribution in [0.1, 0.15) is 16.4 Å². The van der Waals surface area contributed by atoms with Crippen LogP contribution in [-0.2, 0) is 18.4 Å². The van der Waals surface area contributed by atoms with Crippen molar-refractivity contribution in [3.8, 4) is 17.1 Å². The van der Waals surface area contributed by atoms with E-state index in [1.54, 1.807) is 23.9 Å². The number of halogens is 3. The van der Waals surface area contributed by atoms with E-state index >= 15 is 0 Å². The van der Waals surface area contributed by atoms with E-state index in [0.29, 0.717) is 10.9 Å². The summed E-state index contributed by atoms with van der Waals surface area (Å²) in [4.78, 5) is 16.5. The number of carbonyl (C=O) groups excluding carboxylic acids is 1. The molecule has 0 radical (unpaired) electrons. The molecule has 2 aromatic heterocycles. The van der Waals surface area contributed by atoms with Crippen LogP contribution in [0.5, 0.6) is 5.75 Å². The molecule has 0 saturated heterocycles. The molecule has 0 fully saturated rings. The number of fused-ring (bicyclic) bond motifs is 1.